The average Bonchev–Trinajstić information content (AvgIpc) is 2.33. The molecule has 0 saturated carbocycles. The van der Waals surface area contributed by atoms with Crippen molar-refractivity contribution in [3.05, 3.63) is 34.8 Å². The zero-order valence-electron chi connectivity index (χ0n) is 10.5. The molecule has 0 radical (unpaired) electrons. The van der Waals surface area contributed by atoms with E-state index in [-0.39, 0.29) is 0 Å². The van der Waals surface area contributed by atoms with Crippen LogP contribution in [0, 0.1) is 0 Å². The quantitative estimate of drug-likeness (QED) is 0.617. The maximum atomic E-state index is 4.36. The second-order valence-corrected chi connectivity index (χ2v) is 3.14. The molecule has 1 aromatic rings. The molecule has 0 amide bonds. The normalized spacial score (nSPS) is 11.5. The first-order valence-corrected chi connectivity index (χ1v) is 5.98. The molecule has 2 rings (SSSR count). The maximum absolute atomic E-state index is 4.36. The van der Waals surface area contributed by atoms with Gasteiger partial charge in [-0.3, -0.25) is 4.99 Å². The van der Waals surface area contributed by atoms with Crippen LogP contribution < -0.4 is 10.6 Å². The SMILES string of the molecule is C1=c2ccccc2=NCC1.CC.CCC. The van der Waals surface area contributed by atoms with Gasteiger partial charge in [0.1, 0.15) is 0 Å². The van der Waals surface area contributed by atoms with Gasteiger partial charge in [-0.25, -0.2) is 0 Å². The predicted octanol–water partition coefficient (Wildman–Crippen LogP) is 2.93. The van der Waals surface area contributed by atoms with Crippen LogP contribution in [-0.2, 0) is 0 Å². The molecule has 0 unspecified atom stereocenters. The molecule has 0 aromatic heterocycles. The second kappa shape index (κ2) is 9.45. The Balaban J connectivity index is 0.000000342. The number of benzene rings is 1. The van der Waals surface area contributed by atoms with E-state index in [1.165, 1.54) is 11.6 Å². The molecular weight excluding hydrogens is 182 g/mol. The molecule has 0 bridgehead atoms. The van der Waals surface area contributed by atoms with Gasteiger partial charge in [-0.1, -0.05) is 58.4 Å². The van der Waals surface area contributed by atoms with Crippen LogP contribution in [0.1, 0.15) is 40.5 Å². The van der Waals surface area contributed by atoms with Crippen molar-refractivity contribution >= 4 is 6.08 Å². The zero-order valence-corrected chi connectivity index (χ0v) is 10.5. The van der Waals surface area contributed by atoms with Gasteiger partial charge in [0.05, 0.1) is 5.36 Å². The van der Waals surface area contributed by atoms with E-state index in [2.05, 4.69) is 43.1 Å². The minimum absolute atomic E-state index is 0.955. The Morgan fingerprint density at radius 1 is 1.13 bits per heavy atom. The molecule has 1 nitrogen and oxygen atoms in total. The fourth-order valence-electron chi connectivity index (χ4n) is 1.21. The van der Waals surface area contributed by atoms with Crippen molar-refractivity contribution in [3.8, 4) is 0 Å². The lowest BCUT2D eigenvalue weighted by Gasteiger charge is -1.96. The van der Waals surface area contributed by atoms with Crippen molar-refractivity contribution in [3.63, 3.8) is 0 Å². The largest absolute Gasteiger partial charge is 0.284 e. The summed E-state index contributed by atoms with van der Waals surface area (Å²) in [6.45, 7) is 9.21. The third-order valence-electron chi connectivity index (χ3n) is 1.71. The molecule has 0 aliphatic carbocycles. The summed E-state index contributed by atoms with van der Waals surface area (Å²) in [5.41, 5.74) is 0. The Bertz CT molecular complexity index is 317. The number of rotatable bonds is 0. The van der Waals surface area contributed by atoms with Crippen LogP contribution in [0.4, 0.5) is 0 Å². The van der Waals surface area contributed by atoms with E-state index in [4.69, 9.17) is 0 Å². The first-order valence-electron chi connectivity index (χ1n) is 5.98. The standard InChI is InChI=1S/C9H9N.C3H8.C2H6/c1-2-6-9-8(4-1)5-3-7-10-9;1-3-2;1-2/h1-2,4-6H,3,7H2;3H2,1-2H3;1-2H3. The highest BCUT2D eigenvalue weighted by molar-refractivity contribution is 5.25. The minimum atomic E-state index is 0.955. The van der Waals surface area contributed by atoms with Crippen molar-refractivity contribution in [2.45, 2.75) is 40.5 Å². The smallest absolute Gasteiger partial charge is 0.0643 e. The molecule has 15 heavy (non-hydrogen) atoms. The van der Waals surface area contributed by atoms with E-state index in [0.29, 0.717) is 0 Å². The Labute approximate surface area is 93.6 Å². The maximum Gasteiger partial charge on any atom is 0.0643 e. The molecular formula is C14H23N. The molecule has 0 spiro atoms. The first-order chi connectivity index (χ1) is 7.38. The van der Waals surface area contributed by atoms with Crippen molar-refractivity contribution in [2.24, 2.45) is 4.99 Å². The highest BCUT2D eigenvalue weighted by Gasteiger charge is 1.89. The topological polar surface area (TPSA) is 12.4 Å². The molecule has 1 aromatic carbocycles. The molecule has 0 fully saturated rings. The average molecular weight is 205 g/mol. The second-order valence-electron chi connectivity index (χ2n) is 3.14. The fourth-order valence-corrected chi connectivity index (χ4v) is 1.21. The number of hydrogen-bond donors (Lipinski definition) is 0. The molecule has 0 saturated heterocycles. The Hall–Kier alpha value is -1.11. The van der Waals surface area contributed by atoms with Crippen molar-refractivity contribution < 1.29 is 0 Å². The summed E-state index contributed by atoms with van der Waals surface area (Å²) in [6.07, 6.45) is 4.58. The third-order valence-corrected chi connectivity index (χ3v) is 1.71. The summed E-state index contributed by atoms with van der Waals surface area (Å²) in [5.74, 6) is 0. The number of hydrogen-bond acceptors (Lipinski definition) is 1. The number of para-hydroxylation sites is 1. The Morgan fingerprint density at radius 3 is 2.33 bits per heavy atom. The van der Waals surface area contributed by atoms with Crippen molar-refractivity contribution in [1.82, 2.24) is 0 Å². The highest BCUT2D eigenvalue weighted by atomic mass is 14.7. The van der Waals surface area contributed by atoms with Crippen LogP contribution in [0.25, 0.3) is 6.08 Å². The summed E-state index contributed by atoms with van der Waals surface area (Å²) < 4.78 is 0. The zero-order chi connectivity index (χ0) is 11.5. The van der Waals surface area contributed by atoms with Crippen LogP contribution >= 0.6 is 0 Å². The summed E-state index contributed by atoms with van der Waals surface area (Å²) in [5, 5.41) is 2.43. The number of nitrogens with zero attached hydrogens (tertiary/aromatic N) is 1. The lowest BCUT2D eigenvalue weighted by molar-refractivity contribution is 0.960. The van der Waals surface area contributed by atoms with Gasteiger partial charge in [0.2, 0.25) is 0 Å². The van der Waals surface area contributed by atoms with Gasteiger partial charge in [-0.15, -0.1) is 0 Å². The van der Waals surface area contributed by atoms with E-state index >= 15 is 0 Å². The van der Waals surface area contributed by atoms with E-state index in [1.807, 2.05) is 19.9 Å². The predicted molar refractivity (Wildman–Crippen MR) is 68.5 cm³/mol. The van der Waals surface area contributed by atoms with Crippen LogP contribution in [0.15, 0.2) is 29.3 Å². The third kappa shape index (κ3) is 5.36. The Kier molecular flexibility index (Phi) is 8.75. The van der Waals surface area contributed by atoms with E-state index < -0.39 is 0 Å². The fraction of sp³-hybridized carbons (Fsp3) is 0.500. The van der Waals surface area contributed by atoms with E-state index in [1.54, 1.807) is 0 Å². The van der Waals surface area contributed by atoms with Crippen LogP contribution in [-0.4, -0.2) is 6.54 Å². The molecule has 84 valence electrons. The van der Waals surface area contributed by atoms with Gasteiger partial charge in [-0.05, 0) is 17.7 Å². The van der Waals surface area contributed by atoms with E-state index in [9.17, 15) is 0 Å². The highest BCUT2D eigenvalue weighted by Crippen LogP contribution is 1.85. The van der Waals surface area contributed by atoms with Gasteiger partial charge < -0.3 is 0 Å². The molecule has 1 heterocycles. The summed E-state index contributed by atoms with van der Waals surface area (Å²) in [7, 11) is 0. The molecule has 1 heteroatoms. The molecule has 1 aliphatic rings. The monoisotopic (exact) mass is 205 g/mol. The van der Waals surface area contributed by atoms with Gasteiger partial charge in [0, 0.05) is 6.54 Å². The van der Waals surface area contributed by atoms with Crippen LogP contribution in [0.3, 0.4) is 0 Å². The van der Waals surface area contributed by atoms with Crippen molar-refractivity contribution in [2.75, 3.05) is 6.54 Å². The van der Waals surface area contributed by atoms with Gasteiger partial charge >= 0.3 is 0 Å². The van der Waals surface area contributed by atoms with Gasteiger partial charge in [-0.2, -0.15) is 0 Å². The Morgan fingerprint density at radius 2 is 1.73 bits per heavy atom. The lowest BCUT2D eigenvalue weighted by Crippen LogP contribution is -2.26. The minimum Gasteiger partial charge on any atom is -0.284 e. The lowest BCUT2D eigenvalue weighted by atomic mass is 10.2. The summed E-state index contributed by atoms with van der Waals surface area (Å²) in [4.78, 5) is 4.36. The van der Waals surface area contributed by atoms with Gasteiger partial charge in [0.25, 0.3) is 0 Å². The van der Waals surface area contributed by atoms with Gasteiger partial charge in [0.15, 0.2) is 0 Å². The summed E-state index contributed by atoms with van der Waals surface area (Å²) in [6, 6.07) is 8.25. The first kappa shape index (κ1) is 13.9. The molecule has 1 aliphatic heterocycles. The van der Waals surface area contributed by atoms with E-state index in [0.717, 1.165) is 18.3 Å². The summed E-state index contributed by atoms with van der Waals surface area (Å²) >= 11 is 0. The molecule has 0 atom stereocenters. The van der Waals surface area contributed by atoms with Crippen LogP contribution in [0.2, 0.25) is 0 Å². The molecule has 0 N–H and O–H groups in total. The number of fused-ring (bicyclic) bond motifs is 1. The van der Waals surface area contributed by atoms with Crippen molar-refractivity contribution in [1.29, 1.82) is 0 Å². The van der Waals surface area contributed by atoms with Crippen LogP contribution in [0.5, 0.6) is 0 Å².